The first-order valence-electron chi connectivity index (χ1n) is 8.15. The van der Waals surface area contributed by atoms with Crippen molar-refractivity contribution in [3.05, 3.63) is 35.4 Å². The second-order valence-electron chi connectivity index (χ2n) is 6.49. The fourth-order valence-electron chi connectivity index (χ4n) is 2.90. The summed E-state index contributed by atoms with van der Waals surface area (Å²) in [4.78, 5) is 12.1. The number of carbonyl (C=O) groups excluding carboxylic acids is 1. The van der Waals surface area contributed by atoms with E-state index in [1.807, 2.05) is 13.8 Å². The van der Waals surface area contributed by atoms with Gasteiger partial charge in [-0.05, 0) is 36.5 Å². The molecule has 1 heterocycles. The van der Waals surface area contributed by atoms with E-state index >= 15 is 0 Å². The van der Waals surface area contributed by atoms with Gasteiger partial charge in [0.15, 0.2) is 11.6 Å². The van der Waals surface area contributed by atoms with Gasteiger partial charge in [-0.25, -0.2) is 13.6 Å². The predicted molar refractivity (Wildman–Crippen MR) is 85.5 cm³/mol. The van der Waals surface area contributed by atoms with Gasteiger partial charge in [-0.3, -0.25) is 0 Å². The first-order chi connectivity index (χ1) is 11.4. The molecule has 1 aromatic rings. The minimum atomic E-state index is -0.941. The molecule has 24 heavy (non-hydrogen) atoms. The van der Waals surface area contributed by atoms with E-state index < -0.39 is 23.8 Å². The van der Waals surface area contributed by atoms with Crippen LogP contribution < -0.4 is 10.6 Å². The number of rotatable bonds is 6. The third-order valence-electron chi connectivity index (χ3n) is 3.99. The van der Waals surface area contributed by atoms with Crippen molar-refractivity contribution in [2.24, 2.45) is 5.92 Å². The topological polar surface area (TPSA) is 70.6 Å². The Hall–Kier alpha value is -1.73. The average molecular weight is 342 g/mol. The molecule has 0 saturated carbocycles. The highest BCUT2D eigenvalue weighted by molar-refractivity contribution is 5.74. The highest BCUT2D eigenvalue weighted by atomic mass is 19.2. The molecule has 0 aromatic heterocycles. The number of hydrogen-bond acceptors (Lipinski definition) is 3. The summed E-state index contributed by atoms with van der Waals surface area (Å²) in [6.07, 6.45) is 0.714. The van der Waals surface area contributed by atoms with Crippen LogP contribution in [0.25, 0.3) is 0 Å². The van der Waals surface area contributed by atoms with Gasteiger partial charge in [0.25, 0.3) is 0 Å². The van der Waals surface area contributed by atoms with Gasteiger partial charge in [0.2, 0.25) is 0 Å². The van der Waals surface area contributed by atoms with Crippen LogP contribution in [-0.2, 0) is 4.74 Å². The number of nitrogens with one attached hydrogen (secondary N) is 2. The minimum Gasteiger partial charge on any atom is -0.394 e. The SMILES string of the molecule is CC(C)C[C@H](CO)NC(=O)N[C@H]1CCO[C@@H]1c1ccc(F)c(F)c1. The largest absolute Gasteiger partial charge is 0.394 e. The van der Waals surface area contributed by atoms with Gasteiger partial charge in [0.1, 0.15) is 6.10 Å². The zero-order valence-electron chi connectivity index (χ0n) is 13.9. The van der Waals surface area contributed by atoms with Crippen LogP contribution in [0.1, 0.15) is 38.4 Å². The molecule has 1 aliphatic heterocycles. The van der Waals surface area contributed by atoms with Gasteiger partial charge in [-0.1, -0.05) is 19.9 Å². The van der Waals surface area contributed by atoms with Gasteiger partial charge >= 0.3 is 6.03 Å². The van der Waals surface area contributed by atoms with Crippen molar-refractivity contribution in [2.75, 3.05) is 13.2 Å². The van der Waals surface area contributed by atoms with Crippen LogP contribution in [-0.4, -0.2) is 36.4 Å². The van der Waals surface area contributed by atoms with Crippen LogP contribution in [0.5, 0.6) is 0 Å². The minimum absolute atomic E-state index is 0.140. The Morgan fingerprint density at radius 1 is 1.38 bits per heavy atom. The average Bonchev–Trinajstić information content (AvgIpc) is 2.96. The van der Waals surface area contributed by atoms with E-state index in [0.29, 0.717) is 30.9 Å². The van der Waals surface area contributed by atoms with E-state index in [1.165, 1.54) is 6.07 Å². The molecule has 5 nitrogen and oxygen atoms in total. The number of aliphatic hydroxyl groups excluding tert-OH is 1. The molecule has 0 spiro atoms. The monoisotopic (exact) mass is 342 g/mol. The second kappa shape index (κ2) is 8.39. The lowest BCUT2D eigenvalue weighted by atomic mass is 10.0. The smallest absolute Gasteiger partial charge is 0.315 e. The fraction of sp³-hybridized carbons (Fsp3) is 0.588. The zero-order chi connectivity index (χ0) is 17.7. The maximum atomic E-state index is 13.4. The zero-order valence-corrected chi connectivity index (χ0v) is 13.9. The van der Waals surface area contributed by atoms with Gasteiger partial charge in [0, 0.05) is 6.61 Å². The number of hydrogen-bond donors (Lipinski definition) is 3. The molecular formula is C17H24F2N2O3. The van der Waals surface area contributed by atoms with Crippen LogP contribution in [0.3, 0.4) is 0 Å². The molecule has 0 bridgehead atoms. The van der Waals surface area contributed by atoms with Crippen molar-refractivity contribution in [1.29, 1.82) is 0 Å². The first-order valence-corrected chi connectivity index (χ1v) is 8.15. The van der Waals surface area contributed by atoms with Crippen LogP contribution in [0.15, 0.2) is 18.2 Å². The van der Waals surface area contributed by atoms with Gasteiger partial charge in [-0.2, -0.15) is 0 Å². The van der Waals surface area contributed by atoms with E-state index in [0.717, 1.165) is 12.1 Å². The van der Waals surface area contributed by atoms with Crippen molar-refractivity contribution in [3.8, 4) is 0 Å². The van der Waals surface area contributed by atoms with Crippen LogP contribution in [0.2, 0.25) is 0 Å². The fourth-order valence-corrected chi connectivity index (χ4v) is 2.90. The Morgan fingerprint density at radius 2 is 2.12 bits per heavy atom. The van der Waals surface area contributed by atoms with Gasteiger partial charge < -0.3 is 20.5 Å². The molecule has 1 aromatic carbocycles. The van der Waals surface area contributed by atoms with E-state index in [2.05, 4.69) is 10.6 Å². The second-order valence-corrected chi connectivity index (χ2v) is 6.49. The maximum Gasteiger partial charge on any atom is 0.315 e. The summed E-state index contributed by atoms with van der Waals surface area (Å²) in [5, 5.41) is 14.9. The van der Waals surface area contributed by atoms with E-state index in [-0.39, 0.29) is 18.7 Å². The number of carbonyl (C=O) groups is 1. The molecule has 134 valence electrons. The van der Waals surface area contributed by atoms with Crippen molar-refractivity contribution in [1.82, 2.24) is 10.6 Å². The Bertz CT molecular complexity index is 569. The molecule has 0 aliphatic carbocycles. The summed E-state index contributed by atoms with van der Waals surface area (Å²) < 4.78 is 32.0. The highest BCUT2D eigenvalue weighted by Gasteiger charge is 2.31. The molecule has 1 aliphatic rings. The summed E-state index contributed by atoms with van der Waals surface area (Å²) in [6, 6.07) is 2.53. The van der Waals surface area contributed by atoms with Crippen LogP contribution >= 0.6 is 0 Å². The Balaban J connectivity index is 1.97. The molecular weight excluding hydrogens is 318 g/mol. The molecule has 2 rings (SSSR count). The number of ether oxygens (including phenoxy) is 1. The summed E-state index contributed by atoms with van der Waals surface area (Å²) >= 11 is 0. The lowest BCUT2D eigenvalue weighted by molar-refractivity contribution is 0.0992. The van der Waals surface area contributed by atoms with E-state index in [9.17, 15) is 18.7 Å². The van der Waals surface area contributed by atoms with Crippen LogP contribution in [0, 0.1) is 17.6 Å². The molecule has 7 heteroatoms. The number of amides is 2. The predicted octanol–water partition coefficient (Wildman–Crippen LogP) is 2.50. The summed E-state index contributed by atoms with van der Waals surface area (Å²) in [7, 11) is 0. The lowest BCUT2D eigenvalue weighted by Gasteiger charge is -2.23. The van der Waals surface area contributed by atoms with Crippen molar-refractivity contribution < 1.29 is 23.4 Å². The van der Waals surface area contributed by atoms with Crippen molar-refractivity contribution in [3.63, 3.8) is 0 Å². The standard InChI is InChI=1S/C17H24F2N2O3/c1-10(2)7-12(9-22)20-17(23)21-15-5-6-24-16(15)11-3-4-13(18)14(19)8-11/h3-4,8,10,12,15-16,22H,5-7,9H2,1-2H3,(H2,20,21,23)/t12-,15+,16-/m1/s1. The first kappa shape index (κ1) is 18.6. The number of benzene rings is 1. The van der Waals surface area contributed by atoms with Gasteiger partial charge in [0.05, 0.1) is 18.7 Å². The molecule has 0 unspecified atom stereocenters. The highest BCUT2D eigenvalue weighted by Crippen LogP contribution is 2.30. The van der Waals surface area contributed by atoms with Crippen molar-refractivity contribution in [2.45, 2.75) is 44.9 Å². The third-order valence-corrected chi connectivity index (χ3v) is 3.99. The normalized spacial score (nSPS) is 21.8. The van der Waals surface area contributed by atoms with E-state index in [1.54, 1.807) is 0 Å². The molecule has 3 atom stereocenters. The summed E-state index contributed by atoms with van der Waals surface area (Å²) in [6.45, 7) is 4.29. The Kier molecular flexibility index (Phi) is 6.51. The summed E-state index contributed by atoms with van der Waals surface area (Å²) in [5.41, 5.74) is 0.484. The Morgan fingerprint density at radius 3 is 2.75 bits per heavy atom. The Labute approximate surface area is 140 Å². The lowest BCUT2D eigenvalue weighted by Crippen LogP contribution is -2.48. The maximum absolute atomic E-state index is 13.4. The number of urea groups is 1. The van der Waals surface area contributed by atoms with E-state index in [4.69, 9.17) is 4.74 Å². The van der Waals surface area contributed by atoms with Crippen molar-refractivity contribution >= 4 is 6.03 Å². The quantitative estimate of drug-likeness (QED) is 0.744. The number of aliphatic hydroxyl groups is 1. The number of halogens is 2. The third kappa shape index (κ3) is 4.88. The molecule has 0 radical (unpaired) electrons. The molecule has 1 fully saturated rings. The molecule has 2 amide bonds. The van der Waals surface area contributed by atoms with Gasteiger partial charge in [-0.15, -0.1) is 0 Å². The molecule has 1 saturated heterocycles. The molecule has 3 N–H and O–H groups in total. The summed E-state index contributed by atoms with van der Waals surface area (Å²) in [5.74, 6) is -1.52. The van der Waals surface area contributed by atoms with Crippen LogP contribution in [0.4, 0.5) is 13.6 Å².